The Kier molecular flexibility index (Phi) is 4.29. The van der Waals surface area contributed by atoms with Gasteiger partial charge < -0.3 is 4.74 Å². The maximum Gasteiger partial charge on any atom is 0.293 e. The van der Waals surface area contributed by atoms with Crippen LogP contribution in [-0.4, -0.2) is 18.1 Å². The minimum absolute atomic E-state index is 0.431. The Bertz CT molecular complexity index is 521. The summed E-state index contributed by atoms with van der Waals surface area (Å²) in [6.45, 7) is 2.66. The van der Waals surface area contributed by atoms with Crippen molar-refractivity contribution in [1.29, 1.82) is 0 Å². The van der Waals surface area contributed by atoms with Crippen molar-refractivity contribution < 1.29 is 9.53 Å². The summed E-state index contributed by atoms with van der Waals surface area (Å²) in [5.41, 5.74) is 2.52. The van der Waals surface area contributed by atoms with Crippen molar-refractivity contribution in [2.75, 3.05) is 6.61 Å². The molecule has 0 radical (unpaired) electrons. The highest BCUT2D eigenvalue weighted by atomic mass is 16.5. The van der Waals surface area contributed by atoms with Gasteiger partial charge in [-0.15, -0.1) is 0 Å². The van der Waals surface area contributed by atoms with Crippen LogP contribution in [0.5, 0.6) is 0 Å². The number of carbonyl (C=O) groups excluding carboxylic acids is 1. The monoisotopic (exact) mass is 243 g/mol. The average Bonchev–Trinajstić information content (AvgIpc) is 3.24. The van der Waals surface area contributed by atoms with Gasteiger partial charge in [-0.3, -0.25) is 9.78 Å². The molecule has 18 heavy (non-hydrogen) atoms. The summed E-state index contributed by atoms with van der Waals surface area (Å²) < 4.78 is 4.15. The number of carbonyl (C=O) groups is 1. The molecule has 0 aliphatic heterocycles. The van der Waals surface area contributed by atoms with Crippen LogP contribution >= 0.6 is 0 Å². The Labute approximate surface area is 107 Å². The second-order valence-electron chi connectivity index (χ2n) is 4.29. The fourth-order valence-corrected chi connectivity index (χ4v) is 1.80. The normalized spacial score (nSPS) is 13.6. The molecule has 1 aromatic carbocycles. The number of para-hydroxylation sites is 1. The van der Waals surface area contributed by atoms with Gasteiger partial charge in [0.15, 0.2) is 0 Å². The topological polar surface area (TPSA) is 39.2 Å². The Balaban J connectivity index is 0.000000209. The number of hydrogen-bond acceptors (Lipinski definition) is 3. The molecule has 0 amide bonds. The highest BCUT2D eigenvalue weighted by Crippen LogP contribution is 2.40. The van der Waals surface area contributed by atoms with Crippen molar-refractivity contribution >= 4 is 17.4 Å². The van der Waals surface area contributed by atoms with Gasteiger partial charge in [-0.25, -0.2) is 0 Å². The van der Waals surface area contributed by atoms with E-state index in [0.717, 1.165) is 11.4 Å². The molecule has 1 heterocycles. The summed E-state index contributed by atoms with van der Waals surface area (Å²) in [7, 11) is 0. The first-order valence-electron chi connectivity index (χ1n) is 6.25. The number of aromatic nitrogens is 1. The molecule has 3 rings (SSSR count). The molecular weight excluding hydrogens is 226 g/mol. The van der Waals surface area contributed by atoms with Crippen molar-refractivity contribution in [2.24, 2.45) is 0 Å². The van der Waals surface area contributed by atoms with E-state index in [1.807, 2.05) is 12.3 Å². The standard InChI is InChI=1S/C12H11N.C3H6O2/c1-2-4-12-10(3-1)7-11(8-13-12)9-5-6-9;1-2-5-3-4/h1-4,7-9H,5-6H2;3H,2H2,1H3. The molecule has 0 unspecified atom stereocenters. The van der Waals surface area contributed by atoms with Gasteiger partial charge >= 0.3 is 0 Å². The first-order valence-corrected chi connectivity index (χ1v) is 6.25. The van der Waals surface area contributed by atoms with Crippen molar-refractivity contribution in [1.82, 2.24) is 4.98 Å². The van der Waals surface area contributed by atoms with Gasteiger partial charge in [-0.1, -0.05) is 18.2 Å². The largest absolute Gasteiger partial charge is 0.468 e. The van der Waals surface area contributed by atoms with Crippen molar-refractivity contribution in [3.05, 3.63) is 42.1 Å². The molecule has 2 aromatic rings. The number of benzene rings is 1. The van der Waals surface area contributed by atoms with Crippen LogP contribution in [0.1, 0.15) is 31.2 Å². The maximum absolute atomic E-state index is 9.18. The summed E-state index contributed by atoms with van der Waals surface area (Å²) in [4.78, 5) is 13.6. The van der Waals surface area contributed by atoms with Gasteiger partial charge in [0, 0.05) is 11.6 Å². The molecule has 3 nitrogen and oxygen atoms in total. The summed E-state index contributed by atoms with van der Waals surface area (Å²) in [6, 6.07) is 10.6. The molecule has 1 saturated carbocycles. The van der Waals surface area contributed by atoms with Crippen molar-refractivity contribution in [3.63, 3.8) is 0 Å². The van der Waals surface area contributed by atoms with Crippen LogP contribution in [-0.2, 0) is 9.53 Å². The Morgan fingerprint density at radius 2 is 2.17 bits per heavy atom. The third kappa shape index (κ3) is 3.29. The summed E-state index contributed by atoms with van der Waals surface area (Å²) in [6.07, 6.45) is 4.72. The van der Waals surface area contributed by atoms with E-state index in [9.17, 15) is 4.79 Å². The maximum atomic E-state index is 9.18. The highest BCUT2D eigenvalue weighted by molar-refractivity contribution is 5.78. The number of hydrogen-bond donors (Lipinski definition) is 0. The molecule has 0 saturated heterocycles. The summed E-state index contributed by atoms with van der Waals surface area (Å²) in [5.74, 6) is 0.803. The second kappa shape index (κ2) is 6.15. The molecule has 1 fully saturated rings. The summed E-state index contributed by atoms with van der Waals surface area (Å²) >= 11 is 0. The van der Waals surface area contributed by atoms with E-state index in [-0.39, 0.29) is 0 Å². The Morgan fingerprint density at radius 1 is 1.39 bits per heavy atom. The Morgan fingerprint density at radius 3 is 2.78 bits per heavy atom. The van der Waals surface area contributed by atoms with Gasteiger partial charge in [0.1, 0.15) is 0 Å². The second-order valence-corrected chi connectivity index (χ2v) is 4.29. The molecule has 3 heteroatoms. The predicted molar refractivity (Wildman–Crippen MR) is 71.4 cm³/mol. The predicted octanol–water partition coefficient (Wildman–Crippen LogP) is 3.29. The first-order chi connectivity index (χ1) is 8.85. The van der Waals surface area contributed by atoms with E-state index in [2.05, 4.69) is 34.0 Å². The zero-order chi connectivity index (χ0) is 12.8. The van der Waals surface area contributed by atoms with Crippen molar-refractivity contribution in [3.8, 4) is 0 Å². The van der Waals surface area contributed by atoms with Gasteiger partial charge in [-0.2, -0.15) is 0 Å². The van der Waals surface area contributed by atoms with E-state index in [0.29, 0.717) is 13.1 Å². The summed E-state index contributed by atoms with van der Waals surface area (Å²) in [5, 5.41) is 1.27. The van der Waals surface area contributed by atoms with Gasteiger partial charge in [-0.05, 0) is 43.4 Å². The minimum Gasteiger partial charge on any atom is -0.468 e. The molecule has 94 valence electrons. The van der Waals surface area contributed by atoms with Crippen LogP contribution < -0.4 is 0 Å². The molecule has 1 aliphatic carbocycles. The lowest BCUT2D eigenvalue weighted by Gasteiger charge is -1.99. The minimum atomic E-state index is 0.431. The van der Waals surface area contributed by atoms with Gasteiger partial charge in [0.2, 0.25) is 0 Å². The number of rotatable bonds is 3. The zero-order valence-electron chi connectivity index (χ0n) is 10.5. The number of pyridine rings is 1. The molecule has 1 aromatic heterocycles. The van der Waals surface area contributed by atoms with E-state index >= 15 is 0 Å². The van der Waals surface area contributed by atoms with E-state index in [1.54, 1.807) is 6.92 Å². The lowest BCUT2D eigenvalue weighted by atomic mass is 10.1. The average molecular weight is 243 g/mol. The van der Waals surface area contributed by atoms with Crippen LogP contribution in [0.3, 0.4) is 0 Å². The van der Waals surface area contributed by atoms with Gasteiger partial charge in [0.05, 0.1) is 12.1 Å². The lowest BCUT2D eigenvalue weighted by molar-refractivity contribution is -0.128. The van der Waals surface area contributed by atoms with Crippen LogP contribution in [0.2, 0.25) is 0 Å². The fourth-order valence-electron chi connectivity index (χ4n) is 1.80. The van der Waals surface area contributed by atoms with Crippen LogP contribution in [0, 0.1) is 0 Å². The van der Waals surface area contributed by atoms with E-state index < -0.39 is 0 Å². The first kappa shape index (κ1) is 12.6. The fraction of sp³-hybridized carbons (Fsp3) is 0.333. The molecular formula is C15H17NO2. The van der Waals surface area contributed by atoms with Crippen LogP contribution in [0.25, 0.3) is 10.9 Å². The highest BCUT2D eigenvalue weighted by Gasteiger charge is 2.23. The quantitative estimate of drug-likeness (QED) is 0.776. The Hall–Kier alpha value is -1.90. The smallest absolute Gasteiger partial charge is 0.293 e. The van der Waals surface area contributed by atoms with Crippen LogP contribution in [0.15, 0.2) is 36.5 Å². The van der Waals surface area contributed by atoms with Crippen molar-refractivity contribution in [2.45, 2.75) is 25.7 Å². The molecule has 1 aliphatic rings. The van der Waals surface area contributed by atoms with Gasteiger partial charge in [0.25, 0.3) is 6.47 Å². The number of ether oxygens (including phenoxy) is 1. The number of nitrogens with zero attached hydrogens (tertiary/aromatic N) is 1. The molecule has 0 bridgehead atoms. The van der Waals surface area contributed by atoms with E-state index in [1.165, 1.54) is 23.8 Å². The van der Waals surface area contributed by atoms with Crippen LogP contribution in [0.4, 0.5) is 0 Å². The SMILES string of the molecule is CCOC=O.c1ccc2ncc(C3CC3)cc2c1. The third-order valence-corrected chi connectivity index (χ3v) is 2.90. The molecule has 0 spiro atoms. The lowest BCUT2D eigenvalue weighted by Crippen LogP contribution is -1.83. The number of fused-ring (bicyclic) bond motifs is 1. The zero-order valence-corrected chi connectivity index (χ0v) is 10.5. The third-order valence-electron chi connectivity index (χ3n) is 2.90. The molecule has 0 N–H and O–H groups in total. The molecule has 0 atom stereocenters. The van der Waals surface area contributed by atoms with E-state index in [4.69, 9.17) is 0 Å².